The number of amides is 1. The van der Waals surface area contributed by atoms with Crippen LogP contribution in [0.5, 0.6) is 0 Å². The van der Waals surface area contributed by atoms with Crippen molar-refractivity contribution in [1.82, 2.24) is 4.90 Å². The lowest BCUT2D eigenvalue weighted by Crippen LogP contribution is -2.33. The van der Waals surface area contributed by atoms with Gasteiger partial charge in [-0.15, -0.1) is 0 Å². The first-order chi connectivity index (χ1) is 8.97. The van der Waals surface area contributed by atoms with Crippen molar-refractivity contribution >= 4 is 23.5 Å². The Morgan fingerprint density at radius 1 is 1.32 bits per heavy atom. The molecule has 0 bridgehead atoms. The van der Waals surface area contributed by atoms with E-state index >= 15 is 0 Å². The first-order valence-corrected chi connectivity index (χ1v) is 6.49. The third kappa shape index (κ3) is 4.56. The molecule has 0 saturated heterocycles. The summed E-state index contributed by atoms with van der Waals surface area (Å²) < 4.78 is 4.57. The molecule has 0 aliphatic rings. The molecule has 0 heterocycles. The number of hydrogen-bond donors (Lipinski definition) is 0. The van der Waals surface area contributed by atoms with Gasteiger partial charge in [-0.3, -0.25) is 9.59 Å². The van der Waals surface area contributed by atoms with Crippen molar-refractivity contribution in [3.05, 3.63) is 34.3 Å². The van der Waals surface area contributed by atoms with Gasteiger partial charge in [0, 0.05) is 23.7 Å². The maximum Gasteiger partial charge on any atom is 0.307 e. The quantitative estimate of drug-likeness (QED) is 0.781. The highest BCUT2D eigenvalue weighted by Crippen LogP contribution is 2.16. The minimum absolute atomic E-state index is 0.128. The number of carbonyl (C=O) groups excluding carboxylic acids is 2. The van der Waals surface area contributed by atoms with Gasteiger partial charge in [-0.1, -0.05) is 11.6 Å². The van der Waals surface area contributed by atoms with E-state index in [9.17, 15) is 9.59 Å². The van der Waals surface area contributed by atoms with Crippen LogP contribution in [0.25, 0.3) is 0 Å². The Bertz CT molecular complexity index is 454. The molecular weight excluding hydrogens is 266 g/mol. The number of carbonyl (C=O) groups is 2. The second-order valence-electron chi connectivity index (χ2n) is 4.23. The standard InChI is InChI=1S/C14H18ClNO3/c1-4-16(6-5-13(17)19-3)14(18)11-7-10(2)8-12(15)9-11/h7-9H,4-6H2,1-3H3. The van der Waals surface area contributed by atoms with Crippen molar-refractivity contribution in [3.8, 4) is 0 Å². The molecule has 0 spiro atoms. The summed E-state index contributed by atoms with van der Waals surface area (Å²) in [5.41, 5.74) is 1.47. The Labute approximate surface area is 118 Å². The zero-order valence-electron chi connectivity index (χ0n) is 11.4. The third-order valence-electron chi connectivity index (χ3n) is 2.77. The lowest BCUT2D eigenvalue weighted by molar-refractivity contribution is -0.140. The van der Waals surface area contributed by atoms with Crippen LogP contribution >= 0.6 is 11.6 Å². The van der Waals surface area contributed by atoms with Gasteiger partial charge in [0.05, 0.1) is 13.5 Å². The molecule has 19 heavy (non-hydrogen) atoms. The number of esters is 1. The van der Waals surface area contributed by atoms with E-state index in [1.165, 1.54) is 7.11 Å². The van der Waals surface area contributed by atoms with Crippen molar-refractivity contribution in [2.75, 3.05) is 20.2 Å². The molecule has 0 aromatic heterocycles. The Balaban J connectivity index is 2.80. The van der Waals surface area contributed by atoms with Crippen LogP contribution in [0, 0.1) is 6.92 Å². The highest BCUT2D eigenvalue weighted by Gasteiger charge is 2.16. The lowest BCUT2D eigenvalue weighted by Gasteiger charge is -2.20. The fourth-order valence-electron chi connectivity index (χ4n) is 1.77. The molecule has 1 amide bonds. The Morgan fingerprint density at radius 3 is 2.53 bits per heavy atom. The van der Waals surface area contributed by atoms with Gasteiger partial charge >= 0.3 is 5.97 Å². The summed E-state index contributed by atoms with van der Waals surface area (Å²) in [6.07, 6.45) is 0.190. The lowest BCUT2D eigenvalue weighted by atomic mass is 10.1. The summed E-state index contributed by atoms with van der Waals surface area (Å²) in [7, 11) is 1.33. The number of ether oxygens (including phenoxy) is 1. The summed E-state index contributed by atoms with van der Waals surface area (Å²) in [6.45, 7) is 4.62. The number of benzene rings is 1. The predicted octanol–water partition coefficient (Wildman–Crippen LogP) is 2.67. The molecule has 0 unspecified atom stereocenters. The number of hydrogen-bond acceptors (Lipinski definition) is 3. The van der Waals surface area contributed by atoms with Gasteiger partial charge < -0.3 is 9.64 Å². The van der Waals surface area contributed by atoms with E-state index in [0.717, 1.165) is 5.56 Å². The number of nitrogens with zero attached hydrogens (tertiary/aromatic N) is 1. The second kappa shape index (κ2) is 7.14. The van der Waals surface area contributed by atoms with Crippen molar-refractivity contribution in [2.45, 2.75) is 20.3 Å². The van der Waals surface area contributed by atoms with Gasteiger partial charge in [0.15, 0.2) is 0 Å². The highest BCUT2D eigenvalue weighted by molar-refractivity contribution is 6.31. The summed E-state index contributed by atoms with van der Waals surface area (Å²) in [6, 6.07) is 5.22. The molecule has 0 atom stereocenters. The molecule has 104 valence electrons. The molecule has 0 aliphatic heterocycles. The van der Waals surface area contributed by atoms with Crippen LogP contribution < -0.4 is 0 Å². The molecule has 0 aliphatic carbocycles. The fraction of sp³-hybridized carbons (Fsp3) is 0.429. The molecule has 1 rings (SSSR count). The van der Waals surface area contributed by atoms with Crippen LogP contribution in [0.1, 0.15) is 29.3 Å². The topological polar surface area (TPSA) is 46.6 Å². The molecule has 1 aromatic carbocycles. The Morgan fingerprint density at radius 2 is 2.00 bits per heavy atom. The van der Waals surface area contributed by atoms with Crippen molar-refractivity contribution in [1.29, 1.82) is 0 Å². The maximum absolute atomic E-state index is 12.3. The van der Waals surface area contributed by atoms with Crippen molar-refractivity contribution in [3.63, 3.8) is 0 Å². The number of halogens is 1. The summed E-state index contributed by atoms with van der Waals surface area (Å²) >= 11 is 5.95. The Kier molecular flexibility index (Phi) is 5.83. The van der Waals surface area contributed by atoms with Crippen LogP contribution in [0.2, 0.25) is 5.02 Å². The predicted molar refractivity (Wildman–Crippen MR) is 74.4 cm³/mol. The number of methoxy groups -OCH3 is 1. The van der Waals surface area contributed by atoms with Gasteiger partial charge in [0.1, 0.15) is 0 Å². The minimum Gasteiger partial charge on any atom is -0.469 e. The fourth-order valence-corrected chi connectivity index (χ4v) is 2.06. The minimum atomic E-state index is -0.325. The summed E-state index contributed by atoms with van der Waals surface area (Å²) in [5.74, 6) is -0.453. The van der Waals surface area contributed by atoms with E-state index < -0.39 is 0 Å². The highest BCUT2D eigenvalue weighted by atomic mass is 35.5. The van der Waals surface area contributed by atoms with Gasteiger partial charge in [0.25, 0.3) is 5.91 Å². The number of aryl methyl sites for hydroxylation is 1. The normalized spacial score (nSPS) is 10.1. The van der Waals surface area contributed by atoms with Gasteiger partial charge in [-0.25, -0.2) is 0 Å². The second-order valence-corrected chi connectivity index (χ2v) is 4.66. The molecule has 0 N–H and O–H groups in total. The maximum atomic E-state index is 12.3. The number of rotatable bonds is 5. The molecule has 5 heteroatoms. The van der Waals surface area contributed by atoms with E-state index in [1.807, 2.05) is 13.8 Å². The van der Waals surface area contributed by atoms with E-state index in [1.54, 1.807) is 23.1 Å². The SMILES string of the molecule is CCN(CCC(=O)OC)C(=O)c1cc(C)cc(Cl)c1. The summed E-state index contributed by atoms with van der Waals surface area (Å²) in [5, 5.41) is 0.535. The average Bonchev–Trinajstić information content (AvgIpc) is 2.37. The smallest absolute Gasteiger partial charge is 0.307 e. The molecule has 0 radical (unpaired) electrons. The van der Waals surface area contributed by atoms with Crippen LogP contribution in [-0.4, -0.2) is 37.0 Å². The average molecular weight is 284 g/mol. The van der Waals surface area contributed by atoms with E-state index in [4.69, 9.17) is 11.6 Å². The van der Waals surface area contributed by atoms with Gasteiger partial charge in [0.2, 0.25) is 0 Å². The first kappa shape index (κ1) is 15.5. The van der Waals surface area contributed by atoms with Crippen LogP contribution in [0.4, 0.5) is 0 Å². The van der Waals surface area contributed by atoms with Gasteiger partial charge in [-0.05, 0) is 37.6 Å². The molecule has 0 fully saturated rings. The van der Waals surface area contributed by atoms with Crippen LogP contribution in [0.3, 0.4) is 0 Å². The monoisotopic (exact) mass is 283 g/mol. The van der Waals surface area contributed by atoms with E-state index in [0.29, 0.717) is 23.7 Å². The van der Waals surface area contributed by atoms with Crippen LogP contribution in [0.15, 0.2) is 18.2 Å². The molecule has 0 saturated carbocycles. The molecular formula is C14H18ClNO3. The first-order valence-electron chi connectivity index (χ1n) is 6.11. The zero-order valence-corrected chi connectivity index (χ0v) is 12.2. The van der Waals surface area contributed by atoms with Crippen LogP contribution in [-0.2, 0) is 9.53 Å². The van der Waals surface area contributed by atoms with E-state index in [2.05, 4.69) is 4.74 Å². The largest absolute Gasteiger partial charge is 0.469 e. The van der Waals surface area contributed by atoms with Gasteiger partial charge in [-0.2, -0.15) is 0 Å². The molecule has 1 aromatic rings. The molecule has 4 nitrogen and oxygen atoms in total. The van der Waals surface area contributed by atoms with Crippen molar-refractivity contribution < 1.29 is 14.3 Å². The van der Waals surface area contributed by atoms with E-state index in [-0.39, 0.29) is 18.3 Å². The third-order valence-corrected chi connectivity index (χ3v) is 2.99. The van der Waals surface area contributed by atoms with Crippen molar-refractivity contribution in [2.24, 2.45) is 0 Å². The summed E-state index contributed by atoms with van der Waals surface area (Å²) in [4.78, 5) is 25.0. The zero-order chi connectivity index (χ0) is 14.4. The Hall–Kier alpha value is -1.55.